The molecule has 0 aliphatic carbocycles. The van der Waals surface area contributed by atoms with E-state index in [-0.39, 0.29) is 11.8 Å². The smallest absolute Gasteiger partial charge is 0.312 e. The molecule has 2 heterocycles. The molecular weight excluding hydrogens is 238 g/mol. The van der Waals surface area contributed by atoms with Crippen LogP contribution in [0.25, 0.3) is 10.8 Å². The Balaban J connectivity index is 2.27. The second-order valence-corrected chi connectivity index (χ2v) is 4.91. The molecule has 0 aromatic carbocycles. The number of thiophene rings is 1. The molecule has 0 fully saturated rings. The molecule has 2 aromatic rings. The first-order chi connectivity index (χ1) is 8.10. The van der Waals surface area contributed by atoms with Gasteiger partial charge in [-0.2, -0.15) is 4.98 Å². The van der Waals surface area contributed by atoms with Crippen LogP contribution in [0.15, 0.2) is 16.5 Å². The molecule has 0 aliphatic rings. The molecule has 5 heteroatoms. The van der Waals surface area contributed by atoms with Gasteiger partial charge in [-0.1, -0.05) is 6.92 Å². The van der Waals surface area contributed by atoms with Crippen LogP contribution in [0.3, 0.4) is 0 Å². The third-order valence-electron chi connectivity index (χ3n) is 2.20. The molecule has 17 heavy (non-hydrogen) atoms. The lowest BCUT2D eigenvalue weighted by Crippen LogP contribution is -2.06. The number of esters is 1. The Morgan fingerprint density at radius 1 is 1.47 bits per heavy atom. The second-order valence-electron chi connectivity index (χ2n) is 3.62. The first-order valence-corrected chi connectivity index (χ1v) is 6.16. The summed E-state index contributed by atoms with van der Waals surface area (Å²) in [7, 11) is 0. The van der Waals surface area contributed by atoms with Crippen molar-refractivity contribution < 1.29 is 13.9 Å². The summed E-state index contributed by atoms with van der Waals surface area (Å²) in [5.41, 5.74) is 0. The zero-order chi connectivity index (χ0) is 12.4. The Kier molecular flexibility index (Phi) is 3.28. The van der Waals surface area contributed by atoms with Crippen molar-refractivity contribution in [3.05, 3.63) is 22.8 Å². The Labute approximate surface area is 103 Å². The summed E-state index contributed by atoms with van der Waals surface area (Å²) in [5.74, 6) is 0.973. The lowest BCUT2D eigenvalue weighted by atomic mass is 10.4. The number of hydrogen-bond donors (Lipinski definition) is 0. The number of ether oxygens (including phenoxy) is 1. The fraction of sp³-hybridized carbons (Fsp3) is 0.333. The fourth-order valence-electron chi connectivity index (χ4n) is 1.31. The predicted molar refractivity (Wildman–Crippen MR) is 65.2 cm³/mol. The highest BCUT2D eigenvalue weighted by Gasteiger charge is 2.15. The average Bonchev–Trinajstić information content (AvgIpc) is 2.86. The van der Waals surface area contributed by atoms with E-state index < -0.39 is 0 Å². The van der Waals surface area contributed by atoms with Crippen molar-refractivity contribution in [1.29, 1.82) is 0 Å². The van der Waals surface area contributed by atoms with Crippen molar-refractivity contribution in [2.24, 2.45) is 0 Å². The molecular formula is C12H13NO3S. The zero-order valence-electron chi connectivity index (χ0n) is 9.94. The average molecular weight is 251 g/mol. The SMILES string of the molecule is CCC(=O)Oc1nc(-c2ccc(C)s2)oc1C. The molecule has 0 atom stereocenters. The van der Waals surface area contributed by atoms with Crippen molar-refractivity contribution in [3.8, 4) is 16.6 Å². The molecule has 2 aromatic heterocycles. The number of oxazole rings is 1. The maximum Gasteiger partial charge on any atom is 0.312 e. The van der Waals surface area contributed by atoms with E-state index in [1.54, 1.807) is 25.2 Å². The van der Waals surface area contributed by atoms with Crippen molar-refractivity contribution in [2.45, 2.75) is 27.2 Å². The minimum Gasteiger partial charge on any atom is -0.437 e. The van der Waals surface area contributed by atoms with Crippen LogP contribution in [0.5, 0.6) is 5.88 Å². The lowest BCUT2D eigenvalue weighted by molar-refractivity contribution is -0.134. The highest BCUT2D eigenvalue weighted by molar-refractivity contribution is 7.15. The van der Waals surface area contributed by atoms with Gasteiger partial charge in [-0.25, -0.2) is 0 Å². The van der Waals surface area contributed by atoms with Crippen molar-refractivity contribution in [1.82, 2.24) is 4.98 Å². The van der Waals surface area contributed by atoms with Gasteiger partial charge in [0, 0.05) is 11.3 Å². The molecule has 0 radical (unpaired) electrons. The van der Waals surface area contributed by atoms with E-state index in [9.17, 15) is 4.79 Å². The number of rotatable bonds is 3. The number of carbonyl (C=O) groups excluding carboxylic acids is 1. The van der Waals surface area contributed by atoms with Gasteiger partial charge in [0.1, 0.15) is 0 Å². The van der Waals surface area contributed by atoms with Crippen LogP contribution >= 0.6 is 11.3 Å². The van der Waals surface area contributed by atoms with Gasteiger partial charge in [0.15, 0.2) is 5.76 Å². The van der Waals surface area contributed by atoms with E-state index in [4.69, 9.17) is 9.15 Å². The van der Waals surface area contributed by atoms with E-state index in [0.717, 1.165) is 4.88 Å². The topological polar surface area (TPSA) is 52.3 Å². The van der Waals surface area contributed by atoms with Crippen LogP contribution in [0.2, 0.25) is 0 Å². The number of carbonyl (C=O) groups is 1. The van der Waals surface area contributed by atoms with Gasteiger partial charge in [-0.15, -0.1) is 11.3 Å². The van der Waals surface area contributed by atoms with Crippen molar-refractivity contribution >= 4 is 17.3 Å². The Bertz CT molecular complexity index is 542. The molecule has 0 aliphatic heterocycles. The highest BCUT2D eigenvalue weighted by Crippen LogP contribution is 2.31. The van der Waals surface area contributed by atoms with E-state index >= 15 is 0 Å². The van der Waals surface area contributed by atoms with E-state index in [1.165, 1.54) is 4.88 Å². The zero-order valence-corrected chi connectivity index (χ0v) is 10.8. The van der Waals surface area contributed by atoms with Gasteiger partial charge in [0.25, 0.3) is 5.88 Å². The van der Waals surface area contributed by atoms with E-state index in [2.05, 4.69) is 4.98 Å². The molecule has 4 nitrogen and oxygen atoms in total. The molecule has 0 unspecified atom stereocenters. The van der Waals surface area contributed by atoms with Gasteiger partial charge >= 0.3 is 5.97 Å². The second kappa shape index (κ2) is 4.71. The maximum absolute atomic E-state index is 11.2. The van der Waals surface area contributed by atoms with Crippen LogP contribution in [0.4, 0.5) is 0 Å². The van der Waals surface area contributed by atoms with Crippen LogP contribution < -0.4 is 4.74 Å². The summed E-state index contributed by atoms with van der Waals surface area (Å²) in [4.78, 5) is 17.5. The van der Waals surface area contributed by atoms with Crippen LogP contribution in [0.1, 0.15) is 24.0 Å². The number of aryl methyl sites for hydroxylation is 2. The molecule has 0 bridgehead atoms. The first-order valence-electron chi connectivity index (χ1n) is 5.35. The molecule has 0 amide bonds. The Hall–Kier alpha value is -1.62. The molecule has 0 spiro atoms. The van der Waals surface area contributed by atoms with Gasteiger partial charge in [0.2, 0.25) is 5.89 Å². The molecule has 0 saturated heterocycles. The monoisotopic (exact) mass is 251 g/mol. The minimum atomic E-state index is -0.310. The highest BCUT2D eigenvalue weighted by atomic mass is 32.1. The molecule has 90 valence electrons. The van der Waals surface area contributed by atoms with E-state index in [1.807, 2.05) is 19.1 Å². The summed E-state index contributed by atoms with van der Waals surface area (Å²) >= 11 is 1.59. The fourth-order valence-corrected chi connectivity index (χ4v) is 2.11. The number of hydrogen-bond acceptors (Lipinski definition) is 5. The van der Waals surface area contributed by atoms with Crippen LogP contribution in [0, 0.1) is 13.8 Å². The van der Waals surface area contributed by atoms with E-state index in [0.29, 0.717) is 18.1 Å². The third kappa shape index (κ3) is 2.55. The molecule has 2 rings (SSSR count). The number of aromatic nitrogens is 1. The van der Waals surface area contributed by atoms with Crippen molar-refractivity contribution in [3.63, 3.8) is 0 Å². The standard InChI is InChI=1S/C12H13NO3S/c1-4-10(14)16-11-8(3)15-12(13-11)9-6-5-7(2)17-9/h5-6H,4H2,1-3H3. The van der Waals surface area contributed by atoms with Gasteiger partial charge in [-0.3, -0.25) is 4.79 Å². The first kappa shape index (κ1) is 11.9. The minimum absolute atomic E-state index is 0.262. The van der Waals surface area contributed by atoms with Gasteiger partial charge in [-0.05, 0) is 26.0 Å². The maximum atomic E-state index is 11.2. The summed E-state index contributed by atoms with van der Waals surface area (Å²) in [5, 5.41) is 0. The quantitative estimate of drug-likeness (QED) is 0.785. The Morgan fingerprint density at radius 2 is 2.24 bits per heavy atom. The van der Waals surface area contributed by atoms with Crippen molar-refractivity contribution in [2.75, 3.05) is 0 Å². The van der Waals surface area contributed by atoms with Crippen LogP contribution in [-0.4, -0.2) is 11.0 Å². The predicted octanol–water partition coefficient (Wildman–Crippen LogP) is 3.34. The van der Waals surface area contributed by atoms with Gasteiger partial charge in [0.05, 0.1) is 4.88 Å². The molecule has 0 N–H and O–H groups in total. The van der Waals surface area contributed by atoms with Gasteiger partial charge < -0.3 is 9.15 Å². The third-order valence-corrected chi connectivity index (χ3v) is 3.19. The Morgan fingerprint density at radius 3 is 2.82 bits per heavy atom. The lowest BCUT2D eigenvalue weighted by Gasteiger charge is -1.96. The summed E-state index contributed by atoms with van der Waals surface area (Å²) < 4.78 is 10.5. The summed E-state index contributed by atoms with van der Waals surface area (Å²) in [6.45, 7) is 5.48. The number of nitrogens with zero attached hydrogens (tertiary/aromatic N) is 1. The van der Waals surface area contributed by atoms with Crippen LogP contribution in [-0.2, 0) is 4.79 Å². The molecule has 0 saturated carbocycles. The normalized spacial score (nSPS) is 10.5. The largest absolute Gasteiger partial charge is 0.437 e. The summed E-state index contributed by atoms with van der Waals surface area (Å²) in [6, 6.07) is 3.94. The summed E-state index contributed by atoms with van der Waals surface area (Å²) in [6.07, 6.45) is 0.319.